The van der Waals surface area contributed by atoms with Crippen LogP contribution in [0.25, 0.3) is 0 Å². The number of aromatic nitrogens is 1. The Hall–Kier alpha value is -3.49. The zero-order valence-electron chi connectivity index (χ0n) is 15.0. The molecule has 0 aromatic carbocycles. The number of aryl methyl sites for hydroxylation is 1. The average molecular weight is 374 g/mol. The molecule has 0 aliphatic carbocycles. The summed E-state index contributed by atoms with van der Waals surface area (Å²) >= 11 is 0. The summed E-state index contributed by atoms with van der Waals surface area (Å²) in [6.07, 6.45) is 1.41. The zero-order chi connectivity index (χ0) is 20.0. The van der Waals surface area contributed by atoms with Crippen molar-refractivity contribution in [1.82, 2.24) is 4.98 Å². The highest BCUT2D eigenvalue weighted by Crippen LogP contribution is 2.28. The van der Waals surface area contributed by atoms with E-state index in [4.69, 9.17) is 13.9 Å². The Morgan fingerprint density at radius 3 is 2.44 bits per heavy atom. The minimum atomic E-state index is -0.805. The number of carbonyl (C=O) groups excluding carboxylic acids is 4. The second kappa shape index (κ2) is 8.75. The van der Waals surface area contributed by atoms with Crippen LogP contribution in [0.2, 0.25) is 0 Å². The molecular formula is C18H18N2O7. The van der Waals surface area contributed by atoms with Crippen molar-refractivity contribution in [2.75, 3.05) is 18.5 Å². The number of nitrogens with zero attached hydrogens (tertiary/aromatic N) is 1. The van der Waals surface area contributed by atoms with E-state index in [9.17, 15) is 19.2 Å². The summed E-state index contributed by atoms with van der Waals surface area (Å²) in [6.45, 7) is 3.80. The maximum Gasteiger partial charge on any atom is 0.357 e. The molecule has 1 amide bonds. The molecule has 0 bridgehead atoms. The number of carbonyl (C=O) groups is 4. The van der Waals surface area contributed by atoms with Gasteiger partial charge in [-0.15, -0.1) is 0 Å². The first kappa shape index (κ1) is 19.8. The molecule has 0 radical (unpaired) electrons. The van der Waals surface area contributed by atoms with Gasteiger partial charge in [0.15, 0.2) is 12.4 Å². The summed E-state index contributed by atoms with van der Waals surface area (Å²) in [5.41, 5.74) is -0.106. The number of nitrogens with one attached hydrogen (secondary N) is 1. The predicted octanol–water partition coefficient (Wildman–Crippen LogP) is 2.16. The normalized spacial score (nSPS) is 10.2. The molecule has 0 aliphatic heterocycles. The first-order chi connectivity index (χ1) is 12.8. The molecule has 2 rings (SSSR count). The summed E-state index contributed by atoms with van der Waals surface area (Å²) < 4.78 is 15.1. The number of hydrogen-bond acceptors (Lipinski definition) is 8. The van der Waals surface area contributed by atoms with Crippen LogP contribution >= 0.6 is 0 Å². The molecule has 2 aromatic rings. The van der Waals surface area contributed by atoms with Gasteiger partial charge in [0.2, 0.25) is 5.88 Å². The molecule has 27 heavy (non-hydrogen) atoms. The quantitative estimate of drug-likeness (QED) is 0.577. The second-order valence-corrected chi connectivity index (χ2v) is 5.35. The van der Waals surface area contributed by atoms with Crippen LogP contribution in [0.5, 0.6) is 0 Å². The van der Waals surface area contributed by atoms with Gasteiger partial charge in [-0.1, -0.05) is 6.07 Å². The third-order valence-electron chi connectivity index (χ3n) is 3.38. The molecule has 142 valence electrons. The smallest absolute Gasteiger partial charge is 0.357 e. The van der Waals surface area contributed by atoms with Gasteiger partial charge in [0.05, 0.1) is 12.2 Å². The molecule has 0 saturated carbocycles. The number of hydrogen-bond donors (Lipinski definition) is 1. The molecule has 0 fully saturated rings. The summed E-state index contributed by atoms with van der Waals surface area (Å²) in [5, 5.41) is 2.32. The van der Waals surface area contributed by atoms with E-state index in [0.717, 1.165) is 0 Å². The summed E-state index contributed by atoms with van der Waals surface area (Å²) in [6, 6.07) is 4.67. The third kappa shape index (κ3) is 4.78. The van der Waals surface area contributed by atoms with Crippen molar-refractivity contribution in [1.29, 1.82) is 0 Å². The van der Waals surface area contributed by atoms with Gasteiger partial charge in [-0.05, 0) is 32.9 Å². The van der Waals surface area contributed by atoms with Crippen LogP contribution < -0.4 is 5.32 Å². The molecule has 0 atom stereocenters. The van der Waals surface area contributed by atoms with Gasteiger partial charge >= 0.3 is 11.9 Å². The van der Waals surface area contributed by atoms with Crippen LogP contribution in [-0.2, 0) is 14.3 Å². The van der Waals surface area contributed by atoms with Crippen LogP contribution in [0.3, 0.4) is 0 Å². The highest BCUT2D eigenvalue weighted by molar-refractivity contribution is 6.10. The lowest BCUT2D eigenvalue weighted by Crippen LogP contribution is -2.22. The number of ether oxygens (including phenoxy) is 2. The highest BCUT2D eigenvalue weighted by atomic mass is 16.5. The Bertz CT molecular complexity index is 871. The van der Waals surface area contributed by atoms with E-state index in [1.54, 1.807) is 19.1 Å². The van der Waals surface area contributed by atoms with E-state index in [1.165, 1.54) is 26.1 Å². The fraction of sp³-hybridized carbons (Fsp3) is 0.278. The van der Waals surface area contributed by atoms with E-state index >= 15 is 0 Å². The van der Waals surface area contributed by atoms with E-state index in [1.807, 2.05) is 0 Å². The molecule has 9 nitrogen and oxygen atoms in total. The van der Waals surface area contributed by atoms with Crippen molar-refractivity contribution in [2.24, 2.45) is 0 Å². The van der Waals surface area contributed by atoms with Gasteiger partial charge in [0.25, 0.3) is 5.91 Å². The Balaban J connectivity index is 2.13. The Labute approximate surface area is 154 Å². The van der Waals surface area contributed by atoms with E-state index in [0.29, 0.717) is 0 Å². The number of esters is 2. The topological polar surface area (TPSA) is 125 Å². The summed E-state index contributed by atoms with van der Waals surface area (Å²) in [7, 11) is 0. The van der Waals surface area contributed by atoms with Crippen LogP contribution in [0.15, 0.2) is 28.8 Å². The van der Waals surface area contributed by atoms with Gasteiger partial charge in [-0.3, -0.25) is 14.9 Å². The van der Waals surface area contributed by atoms with Gasteiger partial charge in [0, 0.05) is 6.20 Å². The number of anilines is 1. The SMILES string of the molecule is CCOC(=O)c1c(NC(=O)COC(=O)c2ccccn2)oc(C)c1C(C)=O. The van der Waals surface area contributed by atoms with Crippen LogP contribution in [0.1, 0.15) is 50.8 Å². The van der Waals surface area contributed by atoms with Crippen LogP contribution in [0, 0.1) is 6.92 Å². The number of pyridine rings is 1. The molecular weight excluding hydrogens is 356 g/mol. The fourth-order valence-electron chi connectivity index (χ4n) is 2.31. The number of furan rings is 1. The maximum absolute atomic E-state index is 12.2. The van der Waals surface area contributed by atoms with Crippen molar-refractivity contribution >= 4 is 29.5 Å². The zero-order valence-corrected chi connectivity index (χ0v) is 15.0. The van der Waals surface area contributed by atoms with E-state index < -0.39 is 30.2 Å². The highest BCUT2D eigenvalue weighted by Gasteiger charge is 2.28. The number of rotatable bonds is 7. The predicted molar refractivity (Wildman–Crippen MR) is 92.6 cm³/mol. The first-order valence-corrected chi connectivity index (χ1v) is 8.04. The Kier molecular flexibility index (Phi) is 6.42. The minimum absolute atomic E-state index is 0.0224. The van der Waals surface area contributed by atoms with E-state index in [-0.39, 0.29) is 35.1 Å². The van der Waals surface area contributed by atoms with E-state index in [2.05, 4.69) is 10.3 Å². The lowest BCUT2D eigenvalue weighted by molar-refractivity contribution is -0.119. The summed E-state index contributed by atoms with van der Waals surface area (Å²) in [4.78, 5) is 51.6. The van der Waals surface area contributed by atoms with Gasteiger partial charge in [0.1, 0.15) is 17.0 Å². The van der Waals surface area contributed by atoms with Crippen molar-refractivity contribution in [3.05, 3.63) is 47.0 Å². The Morgan fingerprint density at radius 1 is 1.11 bits per heavy atom. The van der Waals surface area contributed by atoms with Crippen molar-refractivity contribution in [2.45, 2.75) is 20.8 Å². The molecule has 9 heteroatoms. The van der Waals surface area contributed by atoms with Gasteiger partial charge < -0.3 is 13.9 Å². The van der Waals surface area contributed by atoms with Crippen molar-refractivity contribution < 1.29 is 33.1 Å². The molecule has 0 saturated heterocycles. The van der Waals surface area contributed by atoms with Crippen LogP contribution in [0.4, 0.5) is 5.88 Å². The third-order valence-corrected chi connectivity index (χ3v) is 3.38. The molecule has 0 unspecified atom stereocenters. The first-order valence-electron chi connectivity index (χ1n) is 8.04. The number of amides is 1. The van der Waals surface area contributed by atoms with Crippen molar-refractivity contribution in [3.8, 4) is 0 Å². The lowest BCUT2D eigenvalue weighted by atomic mass is 10.1. The van der Waals surface area contributed by atoms with Gasteiger partial charge in [-0.2, -0.15) is 0 Å². The summed E-state index contributed by atoms with van der Waals surface area (Å²) in [5.74, 6) is -2.84. The monoisotopic (exact) mass is 374 g/mol. The second-order valence-electron chi connectivity index (χ2n) is 5.35. The fourth-order valence-corrected chi connectivity index (χ4v) is 2.31. The molecule has 2 heterocycles. The van der Waals surface area contributed by atoms with Crippen LogP contribution in [-0.4, -0.2) is 41.8 Å². The van der Waals surface area contributed by atoms with Crippen molar-refractivity contribution in [3.63, 3.8) is 0 Å². The maximum atomic E-state index is 12.2. The molecule has 2 aromatic heterocycles. The number of Topliss-reactive ketones (excluding diaryl/α,β-unsaturated/α-hetero) is 1. The number of ketones is 1. The standard InChI is InChI=1S/C18H18N2O7/c1-4-25-18(24)15-14(10(2)21)11(3)27-16(15)20-13(22)9-26-17(23)12-7-5-6-8-19-12/h5-8H,4,9H2,1-3H3,(H,20,22). The molecule has 1 N–H and O–H groups in total. The lowest BCUT2D eigenvalue weighted by Gasteiger charge is -2.07. The molecule has 0 aliphatic rings. The molecule has 0 spiro atoms. The Morgan fingerprint density at radius 2 is 1.85 bits per heavy atom. The van der Waals surface area contributed by atoms with Gasteiger partial charge in [-0.25, -0.2) is 14.6 Å². The average Bonchev–Trinajstić information content (AvgIpc) is 2.96. The largest absolute Gasteiger partial charge is 0.462 e. The minimum Gasteiger partial charge on any atom is -0.462 e.